The van der Waals surface area contributed by atoms with Gasteiger partial charge in [0, 0.05) is 13.1 Å². The van der Waals surface area contributed by atoms with Crippen molar-refractivity contribution in [2.24, 2.45) is 0 Å². The van der Waals surface area contributed by atoms with E-state index >= 15 is 0 Å². The highest BCUT2D eigenvalue weighted by atomic mass is 16.6. The van der Waals surface area contributed by atoms with Gasteiger partial charge in [0.1, 0.15) is 26.4 Å². The Hall–Kier alpha value is -2.44. The predicted octanol–water partition coefficient (Wildman–Crippen LogP) is 2.52. The van der Waals surface area contributed by atoms with Crippen molar-refractivity contribution >= 4 is 0 Å². The Kier molecular flexibility index (Phi) is 7.43. The molecule has 0 spiro atoms. The SMILES string of the molecule is c1ccc2c(c1)OCCNCCOc1ccccc1OCCOCCO2. The zero-order chi connectivity index (χ0) is 17.9. The molecule has 140 valence electrons. The third kappa shape index (κ3) is 5.82. The van der Waals surface area contributed by atoms with Crippen LogP contribution in [0.25, 0.3) is 0 Å². The Balaban J connectivity index is 1.56. The molecule has 0 unspecified atom stereocenters. The van der Waals surface area contributed by atoms with Gasteiger partial charge in [-0.05, 0) is 24.3 Å². The van der Waals surface area contributed by atoms with E-state index in [1.54, 1.807) is 0 Å². The lowest BCUT2D eigenvalue weighted by atomic mass is 10.3. The van der Waals surface area contributed by atoms with Crippen molar-refractivity contribution < 1.29 is 23.7 Å². The van der Waals surface area contributed by atoms with Gasteiger partial charge in [-0.3, -0.25) is 0 Å². The van der Waals surface area contributed by atoms with Crippen LogP contribution in [0.2, 0.25) is 0 Å². The lowest BCUT2D eigenvalue weighted by Crippen LogP contribution is -2.26. The number of hydrogen-bond donors (Lipinski definition) is 1. The van der Waals surface area contributed by atoms with Gasteiger partial charge in [0.2, 0.25) is 0 Å². The Bertz CT molecular complexity index is 553. The first-order valence-corrected chi connectivity index (χ1v) is 8.91. The summed E-state index contributed by atoms with van der Waals surface area (Å²) in [5.74, 6) is 2.93. The van der Waals surface area contributed by atoms with Gasteiger partial charge in [0.15, 0.2) is 23.0 Å². The molecule has 0 saturated heterocycles. The van der Waals surface area contributed by atoms with Crippen molar-refractivity contribution in [2.45, 2.75) is 0 Å². The number of hydrogen-bond acceptors (Lipinski definition) is 6. The van der Waals surface area contributed by atoms with Crippen molar-refractivity contribution in [3.63, 3.8) is 0 Å². The minimum atomic E-state index is 0.457. The molecule has 0 saturated carbocycles. The Labute approximate surface area is 154 Å². The first-order chi connectivity index (χ1) is 12.9. The van der Waals surface area contributed by atoms with Crippen molar-refractivity contribution in [1.29, 1.82) is 0 Å². The number of benzene rings is 2. The maximum Gasteiger partial charge on any atom is 0.161 e. The summed E-state index contributed by atoms with van der Waals surface area (Å²) < 4.78 is 28.7. The van der Waals surface area contributed by atoms with Crippen molar-refractivity contribution in [3.8, 4) is 23.0 Å². The summed E-state index contributed by atoms with van der Waals surface area (Å²) in [7, 11) is 0. The summed E-state index contributed by atoms with van der Waals surface area (Å²) in [5.41, 5.74) is 0. The van der Waals surface area contributed by atoms with Gasteiger partial charge < -0.3 is 29.0 Å². The fourth-order valence-corrected chi connectivity index (χ4v) is 2.49. The van der Waals surface area contributed by atoms with Gasteiger partial charge in [0.05, 0.1) is 13.2 Å². The van der Waals surface area contributed by atoms with E-state index in [1.807, 2.05) is 48.5 Å². The average molecular weight is 359 g/mol. The Morgan fingerprint density at radius 1 is 0.500 bits per heavy atom. The molecule has 1 aliphatic rings. The van der Waals surface area contributed by atoms with Crippen molar-refractivity contribution in [1.82, 2.24) is 5.32 Å². The largest absolute Gasteiger partial charge is 0.488 e. The van der Waals surface area contributed by atoms with Crippen LogP contribution in [0.5, 0.6) is 23.0 Å². The van der Waals surface area contributed by atoms with Crippen LogP contribution in [-0.2, 0) is 4.74 Å². The zero-order valence-corrected chi connectivity index (χ0v) is 14.8. The second-order valence-corrected chi connectivity index (χ2v) is 5.65. The fourth-order valence-electron chi connectivity index (χ4n) is 2.49. The standard InChI is InChI=1S/C20H25NO5/c1-3-7-19-17(5-1)23-11-9-21-10-12-24-18-6-2-4-8-20(18)26-16-14-22-13-15-25-19/h1-8,21H,9-16H2. The van der Waals surface area contributed by atoms with Gasteiger partial charge in [-0.1, -0.05) is 24.3 Å². The van der Waals surface area contributed by atoms with Crippen LogP contribution in [-0.4, -0.2) is 52.7 Å². The molecule has 2 aromatic carbocycles. The molecule has 1 aliphatic heterocycles. The maximum atomic E-state index is 5.80. The summed E-state index contributed by atoms with van der Waals surface area (Å²) in [5, 5.41) is 3.30. The van der Waals surface area contributed by atoms with Crippen molar-refractivity contribution in [2.75, 3.05) is 52.7 Å². The molecule has 0 radical (unpaired) electrons. The molecule has 1 N–H and O–H groups in total. The molecule has 0 bridgehead atoms. The molecule has 6 heteroatoms. The smallest absolute Gasteiger partial charge is 0.161 e. The Morgan fingerprint density at radius 2 is 0.885 bits per heavy atom. The van der Waals surface area contributed by atoms with E-state index in [2.05, 4.69) is 5.32 Å². The summed E-state index contributed by atoms with van der Waals surface area (Å²) in [4.78, 5) is 0. The van der Waals surface area contributed by atoms with E-state index in [0.29, 0.717) is 39.6 Å². The van der Waals surface area contributed by atoms with Gasteiger partial charge in [-0.2, -0.15) is 0 Å². The van der Waals surface area contributed by atoms with Crippen LogP contribution >= 0.6 is 0 Å². The molecule has 0 aliphatic carbocycles. The van der Waals surface area contributed by atoms with Gasteiger partial charge in [-0.25, -0.2) is 0 Å². The number of para-hydroxylation sites is 4. The van der Waals surface area contributed by atoms with Gasteiger partial charge >= 0.3 is 0 Å². The minimum absolute atomic E-state index is 0.457. The minimum Gasteiger partial charge on any atom is -0.488 e. The first kappa shape index (κ1) is 18.4. The van der Waals surface area contributed by atoms with E-state index in [0.717, 1.165) is 36.1 Å². The Morgan fingerprint density at radius 3 is 1.31 bits per heavy atom. The molecule has 0 fully saturated rings. The molecule has 1 heterocycles. The molecule has 3 rings (SSSR count). The first-order valence-electron chi connectivity index (χ1n) is 8.91. The van der Waals surface area contributed by atoms with Crippen LogP contribution < -0.4 is 24.3 Å². The summed E-state index contributed by atoms with van der Waals surface area (Å²) in [6.07, 6.45) is 0. The normalized spacial score (nSPS) is 16.9. The third-order valence-electron chi connectivity index (χ3n) is 3.74. The highest BCUT2D eigenvalue weighted by Crippen LogP contribution is 2.27. The van der Waals surface area contributed by atoms with E-state index in [1.165, 1.54) is 0 Å². The molecule has 2 aromatic rings. The van der Waals surface area contributed by atoms with E-state index in [4.69, 9.17) is 23.7 Å². The topological polar surface area (TPSA) is 58.2 Å². The van der Waals surface area contributed by atoms with Gasteiger partial charge in [0.25, 0.3) is 0 Å². The molecule has 0 atom stereocenters. The fraction of sp³-hybridized carbons (Fsp3) is 0.400. The monoisotopic (exact) mass is 359 g/mol. The molecule has 6 nitrogen and oxygen atoms in total. The quantitative estimate of drug-likeness (QED) is 0.780. The van der Waals surface area contributed by atoms with E-state index in [-0.39, 0.29) is 0 Å². The number of rotatable bonds is 0. The lowest BCUT2D eigenvalue weighted by Gasteiger charge is -2.15. The second-order valence-electron chi connectivity index (χ2n) is 5.65. The number of fused-ring (bicyclic) bond motifs is 2. The van der Waals surface area contributed by atoms with Gasteiger partial charge in [-0.15, -0.1) is 0 Å². The van der Waals surface area contributed by atoms with E-state index < -0.39 is 0 Å². The lowest BCUT2D eigenvalue weighted by molar-refractivity contribution is 0.0745. The molecule has 0 aromatic heterocycles. The summed E-state index contributed by atoms with van der Waals surface area (Å²) in [6, 6.07) is 15.3. The molecule has 26 heavy (non-hydrogen) atoms. The predicted molar refractivity (Wildman–Crippen MR) is 98.6 cm³/mol. The molecular weight excluding hydrogens is 334 g/mol. The zero-order valence-electron chi connectivity index (χ0n) is 14.8. The maximum absolute atomic E-state index is 5.80. The number of ether oxygens (including phenoxy) is 5. The van der Waals surface area contributed by atoms with Crippen LogP contribution in [0.4, 0.5) is 0 Å². The number of nitrogens with one attached hydrogen (secondary N) is 1. The van der Waals surface area contributed by atoms with Crippen LogP contribution in [0.1, 0.15) is 0 Å². The molecular formula is C20H25NO5. The highest BCUT2D eigenvalue weighted by Gasteiger charge is 2.06. The van der Waals surface area contributed by atoms with Crippen LogP contribution in [0.15, 0.2) is 48.5 Å². The third-order valence-corrected chi connectivity index (χ3v) is 3.74. The van der Waals surface area contributed by atoms with Crippen LogP contribution in [0, 0.1) is 0 Å². The van der Waals surface area contributed by atoms with Crippen molar-refractivity contribution in [3.05, 3.63) is 48.5 Å². The summed E-state index contributed by atoms with van der Waals surface area (Å²) in [6.45, 7) is 4.43. The van der Waals surface area contributed by atoms with Crippen LogP contribution in [0.3, 0.4) is 0 Å². The second kappa shape index (κ2) is 10.5. The highest BCUT2D eigenvalue weighted by molar-refractivity contribution is 5.40. The summed E-state index contributed by atoms with van der Waals surface area (Å²) >= 11 is 0. The average Bonchev–Trinajstić information content (AvgIpc) is 2.68. The molecule has 0 amide bonds. The van der Waals surface area contributed by atoms with E-state index in [9.17, 15) is 0 Å².